The van der Waals surface area contributed by atoms with Crippen LogP contribution in [-0.2, 0) is 9.53 Å². The van der Waals surface area contributed by atoms with Crippen LogP contribution >= 0.6 is 0 Å². The monoisotopic (exact) mass is 132 g/mol. The minimum atomic E-state index is -0.750. The van der Waals surface area contributed by atoms with Crippen LogP contribution in [0.15, 0.2) is 4.99 Å². The number of carbonyl (C=O) groups excluding carboxylic acids is 1. The molecule has 0 aromatic heterocycles. The summed E-state index contributed by atoms with van der Waals surface area (Å²) in [4.78, 5) is 13.8. The SMILES string of the molecule is CN=C(OC)C(=O)NO. The van der Waals surface area contributed by atoms with Crippen LogP contribution < -0.4 is 5.48 Å². The van der Waals surface area contributed by atoms with Gasteiger partial charge in [0, 0.05) is 7.05 Å². The minimum absolute atomic E-state index is 0.155. The quantitative estimate of drug-likeness (QED) is 0.195. The van der Waals surface area contributed by atoms with E-state index < -0.39 is 5.91 Å². The van der Waals surface area contributed by atoms with Gasteiger partial charge < -0.3 is 4.74 Å². The molecule has 0 fully saturated rings. The molecule has 0 heterocycles. The Bertz CT molecular complexity index is 132. The van der Waals surface area contributed by atoms with Crippen LogP contribution in [0.5, 0.6) is 0 Å². The number of carbonyl (C=O) groups is 1. The minimum Gasteiger partial charge on any atom is -0.477 e. The lowest BCUT2D eigenvalue weighted by atomic mass is 10.6. The number of nitrogens with zero attached hydrogens (tertiary/aromatic N) is 1. The number of methoxy groups -OCH3 is 1. The van der Waals surface area contributed by atoms with Gasteiger partial charge in [-0.15, -0.1) is 0 Å². The van der Waals surface area contributed by atoms with Crippen LogP contribution in [0.1, 0.15) is 0 Å². The molecule has 9 heavy (non-hydrogen) atoms. The van der Waals surface area contributed by atoms with E-state index in [0.717, 1.165) is 0 Å². The van der Waals surface area contributed by atoms with Crippen LogP contribution in [-0.4, -0.2) is 31.2 Å². The van der Waals surface area contributed by atoms with Gasteiger partial charge in [0.1, 0.15) is 0 Å². The Morgan fingerprint density at radius 3 is 2.44 bits per heavy atom. The van der Waals surface area contributed by atoms with Crippen molar-refractivity contribution in [2.75, 3.05) is 14.2 Å². The second-order valence-corrected chi connectivity index (χ2v) is 1.17. The van der Waals surface area contributed by atoms with Crippen LogP contribution in [0.25, 0.3) is 0 Å². The standard InChI is InChI=1S/C4H8N2O3/c1-5-4(9-2)3(7)6-8/h8H,1-2H3,(H,6,7). The van der Waals surface area contributed by atoms with Gasteiger partial charge in [0.25, 0.3) is 5.90 Å². The zero-order valence-corrected chi connectivity index (χ0v) is 5.21. The van der Waals surface area contributed by atoms with E-state index in [-0.39, 0.29) is 5.90 Å². The van der Waals surface area contributed by atoms with Gasteiger partial charge in [0.2, 0.25) is 0 Å². The number of hydrogen-bond acceptors (Lipinski definition) is 4. The molecule has 0 saturated heterocycles. The molecule has 0 unspecified atom stereocenters. The molecule has 2 N–H and O–H groups in total. The van der Waals surface area contributed by atoms with Crippen LogP contribution in [0.4, 0.5) is 0 Å². The molecular weight excluding hydrogens is 124 g/mol. The largest absolute Gasteiger partial charge is 0.477 e. The number of nitrogens with one attached hydrogen (secondary N) is 1. The van der Waals surface area contributed by atoms with Gasteiger partial charge in [-0.2, -0.15) is 0 Å². The third-order valence-electron chi connectivity index (χ3n) is 0.692. The Labute approximate surface area is 52.3 Å². The summed E-state index contributed by atoms with van der Waals surface area (Å²) in [5.41, 5.74) is 1.37. The van der Waals surface area contributed by atoms with Crippen LogP contribution in [0.3, 0.4) is 0 Å². The first-order chi connectivity index (χ1) is 4.26. The molecule has 5 nitrogen and oxygen atoms in total. The van der Waals surface area contributed by atoms with Crippen molar-refractivity contribution in [1.82, 2.24) is 5.48 Å². The van der Waals surface area contributed by atoms with Crippen LogP contribution in [0, 0.1) is 0 Å². The predicted molar refractivity (Wildman–Crippen MR) is 30.3 cm³/mol. The summed E-state index contributed by atoms with van der Waals surface area (Å²) in [6.07, 6.45) is 0. The molecule has 0 radical (unpaired) electrons. The highest BCUT2D eigenvalue weighted by Crippen LogP contribution is 1.76. The van der Waals surface area contributed by atoms with Gasteiger partial charge in [-0.05, 0) is 0 Å². The zero-order valence-electron chi connectivity index (χ0n) is 5.21. The molecule has 0 atom stereocenters. The molecular formula is C4H8N2O3. The fourth-order valence-corrected chi connectivity index (χ4v) is 0.333. The molecule has 5 heteroatoms. The van der Waals surface area contributed by atoms with E-state index in [1.165, 1.54) is 19.6 Å². The van der Waals surface area contributed by atoms with E-state index in [4.69, 9.17) is 5.21 Å². The van der Waals surface area contributed by atoms with E-state index in [1.54, 1.807) is 0 Å². The molecule has 0 aliphatic heterocycles. The predicted octanol–water partition coefficient (Wildman–Crippen LogP) is -0.833. The number of aliphatic imine (C=N–C) groups is 1. The summed E-state index contributed by atoms with van der Waals surface area (Å²) < 4.78 is 4.43. The smallest absolute Gasteiger partial charge is 0.329 e. The van der Waals surface area contributed by atoms with Gasteiger partial charge in [-0.25, -0.2) is 5.48 Å². The third kappa shape index (κ3) is 2.09. The Balaban J connectivity index is 3.97. The molecule has 0 aliphatic carbocycles. The zero-order chi connectivity index (χ0) is 7.28. The van der Waals surface area contributed by atoms with E-state index in [1.807, 2.05) is 0 Å². The van der Waals surface area contributed by atoms with Crippen molar-refractivity contribution >= 4 is 11.8 Å². The van der Waals surface area contributed by atoms with Crippen molar-refractivity contribution in [3.05, 3.63) is 0 Å². The average molecular weight is 132 g/mol. The number of rotatable bonds is 0. The lowest BCUT2D eigenvalue weighted by molar-refractivity contribution is -0.123. The first-order valence-corrected chi connectivity index (χ1v) is 2.21. The lowest BCUT2D eigenvalue weighted by Gasteiger charge is -1.98. The van der Waals surface area contributed by atoms with E-state index >= 15 is 0 Å². The Kier molecular flexibility index (Phi) is 3.38. The number of amides is 1. The summed E-state index contributed by atoms with van der Waals surface area (Å²) in [5.74, 6) is -0.905. The normalized spacial score (nSPS) is 10.8. The highest BCUT2D eigenvalue weighted by Gasteiger charge is 2.07. The van der Waals surface area contributed by atoms with Gasteiger partial charge in [-0.1, -0.05) is 0 Å². The third-order valence-corrected chi connectivity index (χ3v) is 0.692. The van der Waals surface area contributed by atoms with Crippen molar-refractivity contribution in [3.8, 4) is 0 Å². The Morgan fingerprint density at radius 2 is 2.33 bits per heavy atom. The van der Waals surface area contributed by atoms with Gasteiger partial charge >= 0.3 is 5.91 Å². The van der Waals surface area contributed by atoms with E-state index in [2.05, 4.69) is 9.73 Å². The van der Waals surface area contributed by atoms with Gasteiger partial charge in [0.05, 0.1) is 7.11 Å². The fourth-order valence-electron chi connectivity index (χ4n) is 0.333. The van der Waals surface area contributed by atoms with Gasteiger partial charge in [0.15, 0.2) is 0 Å². The number of ether oxygens (including phenoxy) is 1. The second-order valence-electron chi connectivity index (χ2n) is 1.17. The summed E-state index contributed by atoms with van der Waals surface area (Å²) >= 11 is 0. The average Bonchev–Trinajstić information content (AvgIpc) is 1.90. The van der Waals surface area contributed by atoms with E-state index in [9.17, 15) is 4.79 Å². The van der Waals surface area contributed by atoms with Crippen LogP contribution in [0.2, 0.25) is 0 Å². The highest BCUT2D eigenvalue weighted by molar-refractivity contribution is 6.34. The topological polar surface area (TPSA) is 70.9 Å². The number of hydroxylamine groups is 1. The van der Waals surface area contributed by atoms with Gasteiger partial charge in [-0.3, -0.25) is 15.0 Å². The second kappa shape index (κ2) is 3.85. The fraction of sp³-hybridized carbons (Fsp3) is 0.500. The summed E-state index contributed by atoms with van der Waals surface area (Å²) in [5, 5.41) is 8.01. The molecule has 0 bridgehead atoms. The van der Waals surface area contributed by atoms with Crippen molar-refractivity contribution in [2.45, 2.75) is 0 Å². The summed E-state index contributed by atoms with van der Waals surface area (Å²) in [7, 11) is 2.67. The van der Waals surface area contributed by atoms with Crippen molar-refractivity contribution in [2.24, 2.45) is 4.99 Å². The molecule has 0 aliphatic rings. The summed E-state index contributed by atoms with van der Waals surface area (Å²) in [6, 6.07) is 0. The van der Waals surface area contributed by atoms with Crippen molar-refractivity contribution in [1.29, 1.82) is 0 Å². The maximum Gasteiger partial charge on any atom is 0.329 e. The maximum absolute atomic E-state index is 10.4. The number of hydrogen-bond donors (Lipinski definition) is 2. The molecule has 0 aromatic carbocycles. The molecule has 52 valence electrons. The highest BCUT2D eigenvalue weighted by atomic mass is 16.5. The lowest BCUT2D eigenvalue weighted by Crippen LogP contribution is -2.29. The van der Waals surface area contributed by atoms with Crippen molar-refractivity contribution < 1.29 is 14.7 Å². The molecule has 1 amide bonds. The Morgan fingerprint density at radius 1 is 1.78 bits per heavy atom. The summed E-state index contributed by atoms with van der Waals surface area (Å²) in [6.45, 7) is 0. The molecule has 0 spiro atoms. The first-order valence-electron chi connectivity index (χ1n) is 2.21. The molecule has 0 aromatic rings. The van der Waals surface area contributed by atoms with E-state index in [0.29, 0.717) is 0 Å². The van der Waals surface area contributed by atoms with Crippen molar-refractivity contribution in [3.63, 3.8) is 0 Å². The first kappa shape index (κ1) is 7.90. The maximum atomic E-state index is 10.4. The molecule has 0 saturated carbocycles. The Hall–Kier alpha value is -1.10. The molecule has 0 rings (SSSR count).